The van der Waals surface area contributed by atoms with Gasteiger partial charge < -0.3 is 5.32 Å². The number of hydrogen-bond acceptors (Lipinski definition) is 2. The van der Waals surface area contributed by atoms with E-state index in [9.17, 15) is 0 Å². The maximum absolute atomic E-state index is 8.66. The van der Waals surface area contributed by atoms with Gasteiger partial charge in [-0.3, -0.25) is 0 Å². The summed E-state index contributed by atoms with van der Waals surface area (Å²) in [5, 5.41) is 11.9. The molecule has 0 spiro atoms. The zero-order valence-corrected chi connectivity index (χ0v) is 5.59. The standard InChI is InChI=1S/C8H8N2/c9-4-6-5-10-8-3-1-2-7(6)8/h1,3,6,10H,2,5H2. The highest BCUT2D eigenvalue weighted by atomic mass is 14.9. The first-order valence-electron chi connectivity index (χ1n) is 3.45. The smallest absolute Gasteiger partial charge is 0.0870 e. The van der Waals surface area contributed by atoms with Crippen LogP contribution < -0.4 is 5.32 Å². The molecule has 0 fully saturated rings. The maximum Gasteiger partial charge on any atom is 0.0870 e. The number of rotatable bonds is 0. The average molecular weight is 132 g/mol. The molecular formula is C8H8N2. The highest BCUT2D eigenvalue weighted by Crippen LogP contribution is 2.28. The van der Waals surface area contributed by atoms with Gasteiger partial charge in [0.25, 0.3) is 0 Å². The number of nitriles is 1. The first-order valence-corrected chi connectivity index (χ1v) is 3.45. The summed E-state index contributed by atoms with van der Waals surface area (Å²) in [5.41, 5.74) is 2.47. The second kappa shape index (κ2) is 1.88. The van der Waals surface area contributed by atoms with Crippen LogP contribution in [0.1, 0.15) is 6.42 Å². The number of hydrogen-bond donors (Lipinski definition) is 1. The molecule has 1 aliphatic carbocycles. The lowest BCUT2D eigenvalue weighted by Gasteiger charge is -1.98. The number of allylic oxidation sites excluding steroid dienone is 2. The highest BCUT2D eigenvalue weighted by molar-refractivity contribution is 5.40. The summed E-state index contributed by atoms with van der Waals surface area (Å²) in [5.74, 6) is 0.130. The fraction of sp³-hybridized carbons (Fsp3) is 0.375. The molecule has 0 aromatic rings. The van der Waals surface area contributed by atoms with Crippen molar-refractivity contribution < 1.29 is 0 Å². The molecule has 0 amide bonds. The van der Waals surface area contributed by atoms with Gasteiger partial charge in [-0.05, 0) is 18.1 Å². The normalized spacial score (nSPS) is 28.1. The summed E-state index contributed by atoms with van der Waals surface area (Å²) in [7, 11) is 0. The van der Waals surface area contributed by atoms with E-state index in [0.717, 1.165) is 13.0 Å². The average Bonchev–Trinajstić information content (AvgIpc) is 2.44. The quantitative estimate of drug-likeness (QED) is 0.532. The van der Waals surface area contributed by atoms with Crippen LogP contribution in [0.4, 0.5) is 0 Å². The van der Waals surface area contributed by atoms with Crippen LogP contribution in [0.25, 0.3) is 0 Å². The summed E-state index contributed by atoms with van der Waals surface area (Å²) in [4.78, 5) is 0. The Balaban J connectivity index is 2.30. The predicted molar refractivity (Wildman–Crippen MR) is 37.9 cm³/mol. The SMILES string of the molecule is N#CC1CNC2=C1CC=C2. The molecule has 0 saturated carbocycles. The van der Waals surface area contributed by atoms with Crippen LogP contribution in [0, 0.1) is 17.2 Å². The Labute approximate surface area is 59.8 Å². The van der Waals surface area contributed by atoms with Gasteiger partial charge in [-0.15, -0.1) is 0 Å². The Hall–Kier alpha value is -1.23. The second-order valence-corrected chi connectivity index (χ2v) is 2.61. The van der Waals surface area contributed by atoms with E-state index in [1.807, 2.05) is 0 Å². The van der Waals surface area contributed by atoms with Gasteiger partial charge in [-0.25, -0.2) is 0 Å². The van der Waals surface area contributed by atoms with E-state index >= 15 is 0 Å². The van der Waals surface area contributed by atoms with Gasteiger partial charge in [0.1, 0.15) is 0 Å². The van der Waals surface area contributed by atoms with E-state index in [0.29, 0.717) is 0 Å². The molecule has 0 aromatic carbocycles. The Morgan fingerprint density at radius 3 is 3.40 bits per heavy atom. The lowest BCUT2D eigenvalue weighted by atomic mass is 10.0. The molecule has 0 saturated heterocycles. The third-order valence-electron chi connectivity index (χ3n) is 2.04. The summed E-state index contributed by atoms with van der Waals surface area (Å²) in [6.07, 6.45) is 5.13. The minimum atomic E-state index is 0.130. The monoisotopic (exact) mass is 132 g/mol. The molecule has 2 heteroatoms. The lowest BCUT2D eigenvalue weighted by molar-refractivity contribution is 0.756. The predicted octanol–water partition coefficient (Wildman–Crippen LogP) is 0.943. The molecule has 0 bridgehead atoms. The number of nitrogens with one attached hydrogen (secondary N) is 1. The van der Waals surface area contributed by atoms with Crippen molar-refractivity contribution in [3.05, 3.63) is 23.4 Å². The Bertz CT molecular complexity index is 255. The van der Waals surface area contributed by atoms with Crippen molar-refractivity contribution in [3.63, 3.8) is 0 Å². The molecule has 50 valence electrons. The highest BCUT2D eigenvalue weighted by Gasteiger charge is 2.24. The van der Waals surface area contributed by atoms with Gasteiger partial charge in [0.2, 0.25) is 0 Å². The van der Waals surface area contributed by atoms with Crippen LogP contribution in [0.2, 0.25) is 0 Å². The Morgan fingerprint density at radius 1 is 1.70 bits per heavy atom. The van der Waals surface area contributed by atoms with Gasteiger partial charge in [0.05, 0.1) is 12.0 Å². The fourth-order valence-electron chi connectivity index (χ4n) is 1.48. The van der Waals surface area contributed by atoms with E-state index < -0.39 is 0 Å². The van der Waals surface area contributed by atoms with E-state index in [1.54, 1.807) is 0 Å². The molecular weight excluding hydrogens is 124 g/mol. The van der Waals surface area contributed by atoms with Gasteiger partial charge in [0, 0.05) is 12.2 Å². The zero-order chi connectivity index (χ0) is 6.97. The van der Waals surface area contributed by atoms with Crippen molar-refractivity contribution >= 4 is 0 Å². The molecule has 1 N–H and O–H groups in total. The lowest BCUT2D eigenvalue weighted by Crippen LogP contribution is -2.10. The third kappa shape index (κ3) is 0.577. The Kier molecular flexibility index (Phi) is 1.04. The van der Waals surface area contributed by atoms with Gasteiger partial charge >= 0.3 is 0 Å². The van der Waals surface area contributed by atoms with Crippen molar-refractivity contribution in [2.24, 2.45) is 5.92 Å². The zero-order valence-electron chi connectivity index (χ0n) is 5.59. The van der Waals surface area contributed by atoms with Crippen LogP contribution in [0.5, 0.6) is 0 Å². The van der Waals surface area contributed by atoms with Crippen LogP contribution in [-0.2, 0) is 0 Å². The summed E-state index contributed by atoms with van der Waals surface area (Å²) < 4.78 is 0. The van der Waals surface area contributed by atoms with Gasteiger partial charge in [0.15, 0.2) is 0 Å². The fourth-order valence-corrected chi connectivity index (χ4v) is 1.48. The molecule has 2 aliphatic rings. The maximum atomic E-state index is 8.66. The van der Waals surface area contributed by atoms with Gasteiger partial charge in [-0.2, -0.15) is 5.26 Å². The van der Waals surface area contributed by atoms with Gasteiger partial charge in [-0.1, -0.05) is 6.08 Å². The van der Waals surface area contributed by atoms with E-state index in [4.69, 9.17) is 5.26 Å². The minimum absolute atomic E-state index is 0.130. The van der Waals surface area contributed by atoms with Crippen LogP contribution in [0.3, 0.4) is 0 Å². The van der Waals surface area contributed by atoms with Crippen molar-refractivity contribution in [1.29, 1.82) is 5.26 Å². The summed E-state index contributed by atoms with van der Waals surface area (Å²) in [6.45, 7) is 0.811. The third-order valence-corrected chi connectivity index (χ3v) is 2.04. The minimum Gasteiger partial charge on any atom is -0.383 e. The first-order chi connectivity index (χ1) is 4.92. The van der Waals surface area contributed by atoms with Crippen LogP contribution in [-0.4, -0.2) is 6.54 Å². The van der Waals surface area contributed by atoms with Crippen molar-refractivity contribution in [3.8, 4) is 6.07 Å². The summed E-state index contributed by atoms with van der Waals surface area (Å²) >= 11 is 0. The largest absolute Gasteiger partial charge is 0.383 e. The molecule has 10 heavy (non-hydrogen) atoms. The van der Waals surface area contributed by atoms with Crippen LogP contribution >= 0.6 is 0 Å². The van der Waals surface area contributed by atoms with Crippen LogP contribution in [0.15, 0.2) is 23.4 Å². The molecule has 1 aliphatic heterocycles. The van der Waals surface area contributed by atoms with E-state index in [1.165, 1.54) is 11.3 Å². The van der Waals surface area contributed by atoms with Crippen molar-refractivity contribution in [2.75, 3.05) is 6.54 Å². The topological polar surface area (TPSA) is 35.8 Å². The van der Waals surface area contributed by atoms with Crippen molar-refractivity contribution in [2.45, 2.75) is 6.42 Å². The summed E-state index contributed by atoms with van der Waals surface area (Å²) in [6, 6.07) is 2.27. The molecule has 2 rings (SSSR count). The van der Waals surface area contributed by atoms with E-state index in [-0.39, 0.29) is 5.92 Å². The van der Waals surface area contributed by atoms with Crippen molar-refractivity contribution in [1.82, 2.24) is 5.32 Å². The molecule has 2 nitrogen and oxygen atoms in total. The molecule has 1 heterocycles. The van der Waals surface area contributed by atoms with E-state index in [2.05, 4.69) is 23.5 Å². The molecule has 1 atom stereocenters. The molecule has 0 aromatic heterocycles. The molecule has 1 unspecified atom stereocenters. The number of nitrogens with zero attached hydrogens (tertiary/aromatic N) is 1. The Morgan fingerprint density at radius 2 is 2.60 bits per heavy atom. The molecule has 0 radical (unpaired) electrons. The first kappa shape index (κ1) is 5.55. The second-order valence-electron chi connectivity index (χ2n) is 2.61.